The molecular formula is C13H10BrClFN7O2S2. The lowest BCUT2D eigenvalue weighted by Crippen LogP contribution is -2.26. The average Bonchev–Trinajstić information content (AvgIpc) is 3.04. The van der Waals surface area contributed by atoms with Crippen LogP contribution in [0.3, 0.4) is 0 Å². The Kier molecular flexibility index (Phi) is 6.05. The summed E-state index contributed by atoms with van der Waals surface area (Å²) in [4.78, 5) is 26.4. The topological polar surface area (TPSA) is 113 Å². The van der Waals surface area contributed by atoms with Crippen molar-refractivity contribution in [2.24, 2.45) is 0 Å². The Morgan fingerprint density at radius 3 is 2.85 bits per heavy atom. The van der Waals surface area contributed by atoms with Gasteiger partial charge in [-0.15, -0.1) is 4.48 Å². The molecular weight excluding hydrogens is 485 g/mol. The Balaban J connectivity index is 2.00. The maximum Gasteiger partial charge on any atom is 0.289 e. The van der Waals surface area contributed by atoms with E-state index in [1.807, 2.05) is 31.2 Å². The Hall–Kier alpha value is -1.67. The van der Waals surface area contributed by atoms with Crippen LogP contribution < -0.4 is 5.32 Å². The minimum Gasteiger partial charge on any atom is -0.340 e. The number of benzene rings is 1. The van der Waals surface area contributed by atoms with Crippen molar-refractivity contribution in [1.82, 2.24) is 24.6 Å². The number of nitrogens with one attached hydrogen (secondary N) is 2. The van der Waals surface area contributed by atoms with Gasteiger partial charge in [0.05, 0.1) is 6.33 Å². The highest BCUT2D eigenvalue weighted by Crippen LogP contribution is 2.50. The molecule has 0 spiro atoms. The number of hydrogen-bond donors (Lipinski definition) is 2. The van der Waals surface area contributed by atoms with Gasteiger partial charge in [0.25, 0.3) is 15.1 Å². The summed E-state index contributed by atoms with van der Waals surface area (Å²) in [6.07, 6.45) is 1.44. The zero-order valence-electron chi connectivity index (χ0n) is 13.4. The van der Waals surface area contributed by atoms with Crippen molar-refractivity contribution >= 4 is 74.1 Å². The van der Waals surface area contributed by atoms with Crippen molar-refractivity contribution in [2.45, 2.75) is 15.2 Å². The van der Waals surface area contributed by atoms with E-state index >= 15 is 0 Å². The highest BCUT2D eigenvalue weighted by molar-refractivity contribution is 9.13. The van der Waals surface area contributed by atoms with Gasteiger partial charge in [0.2, 0.25) is 0 Å². The fraction of sp³-hybridized carbons (Fsp3) is 0.154. The number of aryl methyl sites for hydroxylation is 1. The second-order valence-electron chi connectivity index (χ2n) is 5.05. The molecule has 2 aromatic heterocycles. The quantitative estimate of drug-likeness (QED) is 0.0552. The van der Waals surface area contributed by atoms with E-state index in [2.05, 4.69) is 41.2 Å². The molecule has 1 unspecified atom stereocenters. The minimum absolute atomic E-state index is 0.0167. The van der Waals surface area contributed by atoms with Crippen molar-refractivity contribution < 1.29 is 8.81 Å². The molecule has 1 atom stereocenters. The summed E-state index contributed by atoms with van der Waals surface area (Å²) in [5.41, 5.74) is 2.63. The summed E-state index contributed by atoms with van der Waals surface area (Å²) >= 11 is 8.90. The number of halogens is 3. The molecule has 0 amide bonds. The van der Waals surface area contributed by atoms with Crippen LogP contribution in [0.15, 0.2) is 35.7 Å². The predicted molar refractivity (Wildman–Crippen MR) is 107 cm³/mol. The lowest BCUT2D eigenvalue weighted by molar-refractivity contribution is -0.286. The fourth-order valence-electron chi connectivity index (χ4n) is 2.08. The number of thioether (sulfide) groups is 1. The highest BCUT2D eigenvalue weighted by Gasteiger charge is 2.46. The largest absolute Gasteiger partial charge is 0.340 e. The maximum atomic E-state index is 13.7. The molecule has 2 N–H and O–H groups in total. The van der Waals surface area contributed by atoms with Gasteiger partial charge in [0.15, 0.2) is 16.6 Å². The molecule has 0 bridgehead atoms. The number of aromatic nitrogens is 4. The van der Waals surface area contributed by atoms with Gasteiger partial charge in [-0.05, 0) is 50.9 Å². The van der Waals surface area contributed by atoms with Crippen molar-refractivity contribution in [2.75, 3.05) is 5.32 Å². The fourth-order valence-corrected chi connectivity index (χ4v) is 4.43. The number of H-pyrrole nitrogens is 1. The SMILES string of the molecule is Cc1ccccc1Nc1nc(SC(Br)(S[N+](=O)[O-])N(F)Cl)nc2nc[nH]c12. The van der Waals surface area contributed by atoms with Crippen LogP contribution in [-0.2, 0) is 0 Å². The van der Waals surface area contributed by atoms with Crippen LogP contribution in [0.1, 0.15) is 5.56 Å². The standard InChI is InChI=1S/C13H10BrClFN7O2S2/c1-7-4-2-3-5-8(7)19-11-9-10(18-6-17-9)20-12(21-11)26-13(14,22(15)16)27-23(24)25/h2-6H,1H3,(H2,17,18,19,20,21). The first-order valence-corrected chi connectivity index (χ1v) is 9.87. The third kappa shape index (κ3) is 4.60. The predicted octanol–water partition coefficient (Wildman–Crippen LogP) is 4.77. The smallest absolute Gasteiger partial charge is 0.289 e. The molecule has 0 aliphatic rings. The molecule has 27 heavy (non-hydrogen) atoms. The van der Waals surface area contributed by atoms with Gasteiger partial charge < -0.3 is 10.3 Å². The van der Waals surface area contributed by atoms with Crippen molar-refractivity contribution in [1.29, 1.82) is 0 Å². The van der Waals surface area contributed by atoms with Crippen LogP contribution in [0.4, 0.5) is 16.0 Å². The van der Waals surface area contributed by atoms with E-state index in [0.29, 0.717) is 28.7 Å². The number of nitro groups is 1. The summed E-state index contributed by atoms with van der Waals surface area (Å²) in [6, 6.07) is 7.56. The van der Waals surface area contributed by atoms with Gasteiger partial charge in [0.1, 0.15) is 9.85 Å². The molecule has 0 aliphatic heterocycles. The van der Waals surface area contributed by atoms with Crippen LogP contribution in [0.5, 0.6) is 0 Å². The molecule has 9 nitrogen and oxygen atoms in total. The van der Waals surface area contributed by atoms with Crippen molar-refractivity contribution in [3.63, 3.8) is 0 Å². The average molecular weight is 495 g/mol. The van der Waals surface area contributed by atoms with E-state index in [1.165, 1.54) is 6.33 Å². The number of para-hydroxylation sites is 1. The van der Waals surface area contributed by atoms with Gasteiger partial charge in [-0.3, -0.25) is 10.1 Å². The first kappa shape index (κ1) is 20.1. The number of hydrogen-bond acceptors (Lipinski definition) is 9. The summed E-state index contributed by atoms with van der Waals surface area (Å²) < 4.78 is 10.6. The first-order chi connectivity index (χ1) is 12.8. The summed E-state index contributed by atoms with van der Waals surface area (Å²) in [6.45, 7) is 1.93. The van der Waals surface area contributed by atoms with Gasteiger partial charge in [-0.1, -0.05) is 18.2 Å². The van der Waals surface area contributed by atoms with Gasteiger partial charge in [-0.2, -0.15) is 0 Å². The first-order valence-electron chi connectivity index (χ1n) is 7.15. The Bertz CT molecular complexity index is 994. The van der Waals surface area contributed by atoms with Crippen LogP contribution in [-0.4, -0.2) is 32.0 Å². The maximum absolute atomic E-state index is 13.7. The Labute approximate surface area is 173 Å². The number of anilines is 2. The van der Waals surface area contributed by atoms with Crippen LogP contribution in [0, 0.1) is 17.0 Å². The molecule has 0 aliphatic carbocycles. The van der Waals surface area contributed by atoms with E-state index < -0.39 is 7.44 Å². The minimum atomic E-state index is -1.97. The molecule has 1 aromatic carbocycles. The molecule has 0 saturated carbocycles. The molecule has 0 fully saturated rings. The lowest BCUT2D eigenvalue weighted by atomic mass is 10.2. The molecule has 142 valence electrons. The second kappa shape index (κ2) is 8.14. The molecule has 14 heteroatoms. The monoisotopic (exact) mass is 493 g/mol. The Morgan fingerprint density at radius 2 is 2.19 bits per heavy atom. The van der Waals surface area contributed by atoms with Gasteiger partial charge in [-0.25, -0.2) is 15.0 Å². The summed E-state index contributed by atoms with van der Waals surface area (Å²) in [5.74, 6) is 0.384. The van der Waals surface area contributed by atoms with Crippen LogP contribution in [0.2, 0.25) is 0 Å². The number of alkyl halides is 1. The van der Waals surface area contributed by atoms with Crippen molar-refractivity contribution in [3.8, 4) is 0 Å². The molecule has 3 rings (SSSR count). The third-order valence-electron chi connectivity index (χ3n) is 3.27. The van der Waals surface area contributed by atoms with Gasteiger partial charge in [0, 0.05) is 17.5 Å². The van der Waals surface area contributed by atoms with E-state index in [-0.39, 0.29) is 21.7 Å². The van der Waals surface area contributed by atoms with E-state index in [0.717, 1.165) is 11.3 Å². The van der Waals surface area contributed by atoms with E-state index in [1.54, 1.807) is 0 Å². The Morgan fingerprint density at radius 1 is 1.44 bits per heavy atom. The highest BCUT2D eigenvalue weighted by atomic mass is 79.9. The molecule has 3 aromatic rings. The summed E-state index contributed by atoms with van der Waals surface area (Å²) in [7, 11) is 0. The van der Waals surface area contributed by atoms with Gasteiger partial charge >= 0.3 is 0 Å². The summed E-state index contributed by atoms with van der Waals surface area (Å²) in [5, 5.41) is 14.0. The van der Waals surface area contributed by atoms with Crippen molar-refractivity contribution in [3.05, 3.63) is 46.3 Å². The van der Waals surface area contributed by atoms with E-state index in [9.17, 15) is 14.6 Å². The third-order valence-corrected chi connectivity index (χ3v) is 6.94. The van der Waals surface area contributed by atoms with Crippen LogP contribution >= 0.6 is 51.4 Å². The molecule has 0 saturated heterocycles. The zero-order valence-corrected chi connectivity index (χ0v) is 17.4. The van der Waals surface area contributed by atoms with Crippen LogP contribution in [0.25, 0.3) is 11.2 Å². The normalized spacial score (nSPS) is 13.7. The number of aromatic amines is 1. The molecule has 2 heterocycles. The number of rotatable bonds is 7. The molecule has 0 radical (unpaired) electrons. The zero-order chi connectivity index (χ0) is 19.6. The lowest BCUT2D eigenvalue weighted by Gasteiger charge is -2.20. The number of imidazole rings is 1. The second-order valence-corrected chi connectivity index (χ2v) is 10.0. The number of nitrogens with zero attached hydrogens (tertiary/aromatic N) is 5. The van der Waals surface area contributed by atoms with E-state index in [4.69, 9.17) is 11.8 Å². The number of fused-ring (bicyclic) bond motifs is 1.